The number of benzene rings is 3. The molecule has 0 aromatic heterocycles. The lowest BCUT2D eigenvalue weighted by atomic mass is 10.2. The van der Waals surface area contributed by atoms with Crippen molar-refractivity contribution < 1.29 is 5.11 Å². The Morgan fingerprint density at radius 3 is 1.24 bits per heavy atom. The van der Waals surface area contributed by atoms with E-state index in [1.807, 2.05) is 6.92 Å². The van der Waals surface area contributed by atoms with Crippen molar-refractivity contribution in [1.29, 1.82) is 0 Å². The Balaban J connectivity index is 2.40. The molecule has 0 amide bonds. The highest BCUT2D eigenvalue weighted by molar-refractivity contribution is 7.96. The van der Waals surface area contributed by atoms with Crippen molar-refractivity contribution in [3.8, 4) is 0 Å². The first-order chi connectivity index (χ1) is 12.2. The van der Waals surface area contributed by atoms with Crippen LogP contribution in [0.2, 0.25) is 0 Å². The molecule has 2 heteroatoms. The Kier molecular flexibility index (Phi) is 5.68. The second kappa shape index (κ2) is 7.95. The summed E-state index contributed by atoms with van der Waals surface area (Å²) in [5.41, 5.74) is 0.180. The summed E-state index contributed by atoms with van der Waals surface area (Å²) < 4.78 is 0. The zero-order valence-electron chi connectivity index (χ0n) is 14.9. The molecule has 0 saturated carbocycles. The van der Waals surface area contributed by atoms with Crippen LogP contribution in [0, 0.1) is 0 Å². The molecule has 0 aliphatic carbocycles. The van der Waals surface area contributed by atoms with Gasteiger partial charge in [-0.05, 0) is 49.7 Å². The summed E-state index contributed by atoms with van der Waals surface area (Å²) in [5.74, 6) is 0. The molecule has 0 fully saturated rings. The lowest BCUT2D eigenvalue weighted by Gasteiger charge is -2.35. The maximum atomic E-state index is 10.8. The number of hydrogen-bond acceptors (Lipinski definition) is 1. The third-order valence-corrected chi connectivity index (χ3v) is 10.1. The maximum absolute atomic E-state index is 10.8. The van der Waals surface area contributed by atoms with E-state index in [4.69, 9.17) is 0 Å². The van der Waals surface area contributed by atoms with Crippen LogP contribution in [0.15, 0.2) is 91.0 Å². The summed E-state index contributed by atoms with van der Waals surface area (Å²) in [4.78, 5) is 0. The van der Waals surface area contributed by atoms with Gasteiger partial charge in [0.2, 0.25) is 0 Å². The molecule has 0 saturated heterocycles. The standard InChI is InChI=1S/C23H26OP/c1-3-23(19(2)24)25(20-13-7-4-8-14-20,21-15-9-5-10-16-21)22-17-11-6-12-18-22/h4-19,23-24H,3H2,1-2H3/q+1. The first-order valence-corrected chi connectivity index (χ1v) is 10.8. The Hall–Kier alpha value is -1.95. The largest absolute Gasteiger partial charge is 0.389 e. The van der Waals surface area contributed by atoms with Crippen LogP contribution in [-0.2, 0) is 0 Å². The molecule has 3 aromatic rings. The summed E-state index contributed by atoms with van der Waals surface area (Å²) >= 11 is 0. The van der Waals surface area contributed by atoms with Crippen LogP contribution < -0.4 is 15.9 Å². The van der Waals surface area contributed by atoms with Gasteiger partial charge in [0.05, 0.1) is 6.10 Å². The van der Waals surface area contributed by atoms with Gasteiger partial charge in [-0.15, -0.1) is 0 Å². The van der Waals surface area contributed by atoms with E-state index in [0.29, 0.717) is 0 Å². The van der Waals surface area contributed by atoms with Crippen LogP contribution in [0.3, 0.4) is 0 Å². The van der Waals surface area contributed by atoms with E-state index in [1.165, 1.54) is 15.9 Å². The third kappa shape index (κ3) is 3.27. The van der Waals surface area contributed by atoms with E-state index in [1.54, 1.807) is 0 Å². The Labute approximate surface area is 151 Å². The zero-order valence-corrected chi connectivity index (χ0v) is 15.8. The minimum Gasteiger partial charge on any atom is -0.389 e. The normalized spacial score (nSPS) is 14.0. The fourth-order valence-electron chi connectivity index (χ4n) is 3.95. The smallest absolute Gasteiger partial charge is 0.117 e. The van der Waals surface area contributed by atoms with E-state index in [2.05, 4.69) is 97.9 Å². The van der Waals surface area contributed by atoms with Crippen molar-refractivity contribution in [2.75, 3.05) is 0 Å². The lowest BCUT2D eigenvalue weighted by molar-refractivity contribution is 0.188. The van der Waals surface area contributed by atoms with Crippen molar-refractivity contribution in [2.24, 2.45) is 0 Å². The van der Waals surface area contributed by atoms with Gasteiger partial charge in [-0.25, -0.2) is 0 Å². The van der Waals surface area contributed by atoms with Gasteiger partial charge in [0.1, 0.15) is 28.8 Å². The van der Waals surface area contributed by atoms with Gasteiger partial charge in [0, 0.05) is 0 Å². The monoisotopic (exact) mass is 349 g/mol. The van der Waals surface area contributed by atoms with Gasteiger partial charge in [0.15, 0.2) is 0 Å². The summed E-state index contributed by atoms with van der Waals surface area (Å²) in [6.45, 7) is 4.14. The molecule has 0 radical (unpaired) electrons. The van der Waals surface area contributed by atoms with Crippen molar-refractivity contribution in [3.05, 3.63) is 91.0 Å². The number of aliphatic hydroxyl groups excluding tert-OH is 1. The van der Waals surface area contributed by atoms with E-state index in [9.17, 15) is 5.11 Å². The van der Waals surface area contributed by atoms with E-state index in [-0.39, 0.29) is 11.8 Å². The molecule has 1 nitrogen and oxygen atoms in total. The predicted molar refractivity (Wildman–Crippen MR) is 111 cm³/mol. The van der Waals surface area contributed by atoms with Crippen LogP contribution in [0.1, 0.15) is 20.3 Å². The summed E-state index contributed by atoms with van der Waals surface area (Å²) in [5, 5.41) is 14.8. The fraction of sp³-hybridized carbons (Fsp3) is 0.217. The Morgan fingerprint density at radius 2 is 1.00 bits per heavy atom. The van der Waals surface area contributed by atoms with Gasteiger partial charge >= 0.3 is 0 Å². The van der Waals surface area contributed by atoms with Crippen LogP contribution in [0.4, 0.5) is 0 Å². The van der Waals surface area contributed by atoms with Crippen LogP contribution in [0.5, 0.6) is 0 Å². The quantitative estimate of drug-likeness (QED) is 0.663. The molecule has 2 atom stereocenters. The first-order valence-electron chi connectivity index (χ1n) is 8.95. The topological polar surface area (TPSA) is 20.2 Å². The average Bonchev–Trinajstić information content (AvgIpc) is 2.68. The molecule has 0 spiro atoms. The fourth-order valence-corrected chi connectivity index (χ4v) is 9.12. The molecule has 0 bridgehead atoms. The van der Waals surface area contributed by atoms with Gasteiger partial charge < -0.3 is 5.11 Å². The molecule has 3 aromatic carbocycles. The summed E-state index contributed by atoms with van der Waals surface area (Å²) in [6, 6.07) is 32.3. The average molecular weight is 349 g/mol. The Morgan fingerprint density at radius 1 is 0.680 bits per heavy atom. The van der Waals surface area contributed by atoms with Crippen LogP contribution in [0.25, 0.3) is 0 Å². The highest BCUT2D eigenvalue weighted by Crippen LogP contribution is 2.61. The van der Waals surface area contributed by atoms with Crippen molar-refractivity contribution in [3.63, 3.8) is 0 Å². The van der Waals surface area contributed by atoms with Crippen LogP contribution in [-0.4, -0.2) is 16.9 Å². The second-order valence-corrected chi connectivity index (χ2v) is 10.1. The van der Waals surface area contributed by atoms with Crippen molar-refractivity contribution >= 4 is 23.2 Å². The van der Waals surface area contributed by atoms with Crippen molar-refractivity contribution in [1.82, 2.24) is 0 Å². The van der Waals surface area contributed by atoms with Crippen LogP contribution >= 0.6 is 7.26 Å². The van der Waals surface area contributed by atoms with Gasteiger partial charge in [-0.1, -0.05) is 61.5 Å². The highest BCUT2D eigenvalue weighted by Gasteiger charge is 2.53. The maximum Gasteiger partial charge on any atom is 0.117 e. The third-order valence-electron chi connectivity index (χ3n) is 4.96. The van der Waals surface area contributed by atoms with E-state index < -0.39 is 7.26 Å². The van der Waals surface area contributed by atoms with Gasteiger partial charge in [-0.3, -0.25) is 0 Å². The molecule has 0 aliphatic heterocycles. The molecule has 0 heterocycles. The second-order valence-electron chi connectivity index (χ2n) is 6.45. The van der Waals surface area contributed by atoms with Crippen molar-refractivity contribution in [2.45, 2.75) is 32.0 Å². The number of hydrogen-bond donors (Lipinski definition) is 1. The van der Waals surface area contributed by atoms with Gasteiger partial charge in [0.25, 0.3) is 0 Å². The Bertz CT molecular complexity index is 672. The molecular formula is C23H26OP+. The lowest BCUT2D eigenvalue weighted by Crippen LogP contribution is -2.43. The minimum absolute atomic E-state index is 0.180. The zero-order chi connectivity index (χ0) is 17.7. The molecule has 128 valence electrons. The summed E-state index contributed by atoms with van der Waals surface area (Å²) in [6.07, 6.45) is 0.559. The molecule has 1 N–H and O–H groups in total. The van der Waals surface area contributed by atoms with E-state index in [0.717, 1.165) is 6.42 Å². The molecule has 0 aliphatic rings. The molecule has 25 heavy (non-hydrogen) atoms. The number of aliphatic hydroxyl groups is 1. The molecule has 3 rings (SSSR count). The SMILES string of the molecule is CCC(C(C)O)[P+](c1ccccc1)(c1ccccc1)c1ccccc1. The number of rotatable bonds is 6. The minimum atomic E-state index is -1.97. The van der Waals surface area contributed by atoms with E-state index >= 15 is 0 Å². The predicted octanol–water partition coefficient (Wildman–Crippen LogP) is 4.14. The highest BCUT2D eigenvalue weighted by atomic mass is 31.2. The molecular weight excluding hydrogens is 323 g/mol. The summed E-state index contributed by atoms with van der Waals surface area (Å²) in [7, 11) is -1.97. The molecule has 2 unspecified atom stereocenters. The van der Waals surface area contributed by atoms with Gasteiger partial charge in [-0.2, -0.15) is 0 Å². The first kappa shape index (κ1) is 17.9.